The number of hydrogen-bond donors (Lipinski definition) is 4. The van der Waals surface area contributed by atoms with Crippen molar-refractivity contribution in [2.75, 3.05) is 0 Å². The third-order valence-corrected chi connectivity index (χ3v) is 9.07. The van der Waals surface area contributed by atoms with E-state index < -0.39 is 23.5 Å². The van der Waals surface area contributed by atoms with E-state index in [0.29, 0.717) is 13.0 Å². The van der Waals surface area contributed by atoms with E-state index in [1.165, 1.54) is 11.3 Å². The zero-order valence-corrected chi connectivity index (χ0v) is 23.2. The second-order valence-corrected chi connectivity index (χ2v) is 12.4. The first-order valence-electron chi connectivity index (χ1n) is 13.0. The molecule has 0 radical (unpaired) electrons. The molecule has 1 amide bonds. The smallest absolute Gasteiger partial charge is 0.223 e. The number of carbonyl (C=O) groups excluding carboxylic acids is 2. The lowest BCUT2D eigenvalue weighted by Crippen LogP contribution is -2.47. The fourth-order valence-electron chi connectivity index (χ4n) is 5.23. The van der Waals surface area contributed by atoms with Crippen LogP contribution >= 0.6 is 11.3 Å². The number of epoxide rings is 1. The number of aliphatic hydroxyl groups excluding tert-OH is 2. The minimum absolute atomic E-state index is 0.00353. The number of aliphatic hydroxyl groups is 2. The van der Waals surface area contributed by atoms with Crippen molar-refractivity contribution in [2.24, 2.45) is 23.0 Å². The minimum Gasteiger partial charge on any atom is -0.392 e. The number of amides is 1. The molecule has 2 aliphatic rings. The number of ketones is 1. The first-order valence-corrected chi connectivity index (χ1v) is 13.9. The number of nitrogens with two attached hydrogens (primary N) is 1. The minimum atomic E-state index is -1.18. The van der Waals surface area contributed by atoms with Crippen LogP contribution in [0.2, 0.25) is 0 Å². The fourth-order valence-corrected chi connectivity index (χ4v) is 5.86. The summed E-state index contributed by atoms with van der Waals surface area (Å²) in [5.41, 5.74) is 5.98. The lowest BCUT2D eigenvalue weighted by atomic mass is 9.72. The molecule has 1 aromatic rings. The van der Waals surface area contributed by atoms with Gasteiger partial charge in [0.2, 0.25) is 5.91 Å². The van der Waals surface area contributed by atoms with Gasteiger partial charge in [0.15, 0.2) is 0 Å². The molecule has 5 N–H and O–H groups in total. The van der Waals surface area contributed by atoms with Crippen LogP contribution in [0.1, 0.15) is 84.3 Å². The topological polar surface area (TPSA) is 138 Å². The molecule has 2 fully saturated rings. The molecule has 1 aromatic heterocycles. The van der Waals surface area contributed by atoms with E-state index in [2.05, 4.69) is 17.2 Å². The number of rotatable bonds is 3. The Hall–Kier alpha value is -1.65. The lowest BCUT2D eigenvalue weighted by molar-refractivity contribution is -0.143. The molecule has 7 atom stereocenters. The molecule has 36 heavy (non-hydrogen) atoms. The number of thiazole rings is 1. The van der Waals surface area contributed by atoms with Gasteiger partial charge in [-0.1, -0.05) is 34.1 Å². The number of carbonyl (C=O) groups is 2. The normalized spacial score (nSPS) is 36.8. The summed E-state index contributed by atoms with van der Waals surface area (Å²) < 4.78 is 6.10. The monoisotopic (exact) mass is 521 g/mol. The SMILES string of the molecule is CC(=Cc1csc(CN)n1)[C@@H]1C[C@@H]2O[C@]2(C)CCC[C@H](C)[C@H](O)[C@@H](C)C(=O)C(C)(C)[C@@H](O)CC(=O)N1. The van der Waals surface area contributed by atoms with E-state index in [1.807, 2.05) is 25.3 Å². The van der Waals surface area contributed by atoms with Crippen molar-refractivity contribution < 1.29 is 24.5 Å². The van der Waals surface area contributed by atoms with Gasteiger partial charge in [0.25, 0.3) is 0 Å². The molecule has 0 spiro atoms. The van der Waals surface area contributed by atoms with Crippen LogP contribution in [-0.4, -0.2) is 56.8 Å². The van der Waals surface area contributed by atoms with Gasteiger partial charge in [0.1, 0.15) is 10.8 Å². The molecule has 0 aromatic carbocycles. The first-order chi connectivity index (χ1) is 16.8. The Kier molecular flexibility index (Phi) is 9.15. The number of nitrogens with one attached hydrogen (secondary N) is 1. The summed E-state index contributed by atoms with van der Waals surface area (Å²) in [6.07, 6.45) is 2.84. The summed E-state index contributed by atoms with van der Waals surface area (Å²) in [6.45, 7) is 11.4. The van der Waals surface area contributed by atoms with Gasteiger partial charge in [-0.25, -0.2) is 4.98 Å². The highest BCUT2D eigenvalue weighted by molar-refractivity contribution is 7.09. The van der Waals surface area contributed by atoms with Gasteiger partial charge in [-0.2, -0.15) is 0 Å². The molecule has 0 aliphatic carbocycles. The summed E-state index contributed by atoms with van der Waals surface area (Å²) in [5, 5.41) is 27.6. The standard InChI is InChI=1S/C27H43N3O5S/c1-15-8-7-9-27(6)21(35-27)11-19(16(2)10-18-14-36-23(13-28)29-18)30-22(32)12-20(31)26(4,5)25(34)17(3)24(15)33/h10,14-15,17,19-21,24,31,33H,7-9,11-13,28H2,1-6H3,(H,30,32)/t15-,17+,19-,20-,21-,24-,27+/m0/s1. The number of Topliss-reactive ketones (excluding diaryl/α,β-unsaturated/α-hetero) is 1. The maximum Gasteiger partial charge on any atom is 0.223 e. The van der Waals surface area contributed by atoms with Crippen LogP contribution in [0, 0.1) is 17.3 Å². The Balaban J connectivity index is 1.85. The largest absolute Gasteiger partial charge is 0.392 e. The van der Waals surface area contributed by atoms with Crippen LogP contribution in [0.5, 0.6) is 0 Å². The van der Waals surface area contributed by atoms with Crippen molar-refractivity contribution in [3.05, 3.63) is 21.7 Å². The molecule has 8 nitrogen and oxygen atoms in total. The maximum absolute atomic E-state index is 13.2. The molecule has 0 unspecified atom stereocenters. The van der Waals surface area contributed by atoms with Gasteiger partial charge < -0.3 is 26.0 Å². The van der Waals surface area contributed by atoms with Crippen LogP contribution in [-0.2, 0) is 20.9 Å². The van der Waals surface area contributed by atoms with Gasteiger partial charge in [-0.05, 0) is 44.3 Å². The molecule has 9 heteroatoms. The first kappa shape index (κ1) is 28.9. The lowest BCUT2D eigenvalue weighted by Gasteiger charge is -2.34. The zero-order chi connectivity index (χ0) is 26.8. The highest BCUT2D eigenvalue weighted by atomic mass is 32.1. The van der Waals surface area contributed by atoms with Gasteiger partial charge in [-0.15, -0.1) is 11.3 Å². The molecule has 202 valence electrons. The Labute approximate surface area is 218 Å². The average molecular weight is 522 g/mol. The third-order valence-electron chi connectivity index (χ3n) is 8.18. The molecule has 2 saturated heterocycles. The maximum atomic E-state index is 13.2. The van der Waals surface area contributed by atoms with Crippen molar-refractivity contribution in [3.8, 4) is 0 Å². The average Bonchev–Trinajstić information content (AvgIpc) is 3.23. The summed E-state index contributed by atoms with van der Waals surface area (Å²) >= 11 is 1.50. The Bertz CT molecular complexity index is 976. The molecule has 3 heterocycles. The van der Waals surface area contributed by atoms with E-state index in [0.717, 1.165) is 35.5 Å². The predicted octanol–water partition coefficient (Wildman–Crippen LogP) is 3.20. The second-order valence-electron chi connectivity index (χ2n) is 11.5. The predicted molar refractivity (Wildman–Crippen MR) is 141 cm³/mol. The number of fused-ring (bicyclic) bond motifs is 1. The number of ether oxygens (including phenoxy) is 1. The summed E-state index contributed by atoms with van der Waals surface area (Å²) in [7, 11) is 0. The number of nitrogens with zero attached hydrogens (tertiary/aromatic N) is 1. The van der Waals surface area contributed by atoms with Crippen LogP contribution in [0.15, 0.2) is 11.0 Å². The van der Waals surface area contributed by atoms with Crippen molar-refractivity contribution >= 4 is 29.1 Å². The summed E-state index contributed by atoms with van der Waals surface area (Å²) in [6, 6.07) is -0.300. The quantitative estimate of drug-likeness (QED) is 0.448. The summed E-state index contributed by atoms with van der Waals surface area (Å²) in [4.78, 5) is 30.8. The van der Waals surface area contributed by atoms with Crippen molar-refractivity contribution in [1.29, 1.82) is 0 Å². The molecule has 3 rings (SSSR count). The fraction of sp³-hybridized carbons (Fsp3) is 0.741. The van der Waals surface area contributed by atoms with Crippen molar-refractivity contribution in [1.82, 2.24) is 10.3 Å². The van der Waals surface area contributed by atoms with E-state index in [9.17, 15) is 19.8 Å². The van der Waals surface area contributed by atoms with E-state index in [-0.39, 0.29) is 41.8 Å². The summed E-state index contributed by atoms with van der Waals surface area (Å²) in [5.74, 6) is -1.28. The number of aromatic nitrogens is 1. The van der Waals surface area contributed by atoms with Crippen LogP contribution in [0.4, 0.5) is 0 Å². The van der Waals surface area contributed by atoms with Crippen molar-refractivity contribution in [2.45, 2.75) is 110 Å². The van der Waals surface area contributed by atoms with E-state index in [1.54, 1.807) is 20.8 Å². The van der Waals surface area contributed by atoms with Crippen LogP contribution in [0.25, 0.3) is 6.08 Å². The molecule has 0 bridgehead atoms. The second kappa shape index (κ2) is 11.4. The zero-order valence-electron chi connectivity index (χ0n) is 22.4. The highest BCUT2D eigenvalue weighted by Crippen LogP contribution is 2.44. The molecular formula is C27H43N3O5S. The van der Waals surface area contributed by atoms with Crippen molar-refractivity contribution in [3.63, 3.8) is 0 Å². The molecule has 2 aliphatic heterocycles. The Morgan fingerprint density at radius 3 is 2.64 bits per heavy atom. The van der Waals surface area contributed by atoms with Gasteiger partial charge in [-0.3, -0.25) is 9.59 Å². The molecular weight excluding hydrogens is 478 g/mol. The number of hydrogen-bond acceptors (Lipinski definition) is 8. The van der Waals surface area contributed by atoms with E-state index in [4.69, 9.17) is 10.5 Å². The van der Waals surface area contributed by atoms with E-state index >= 15 is 0 Å². The van der Waals surface area contributed by atoms with Crippen LogP contribution < -0.4 is 11.1 Å². The Morgan fingerprint density at radius 1 is 1.31 bits per heavy atom. The molecule has 0 saturated carbocycles. The van der Waals surface area contributed by atoms with Gasteiger partial charge >= 0.3 is 0 Å². The van der Waals surface area contributed by atoms with Gasteiger partial charge in [0.05, 0.1) is 47.5 Å². The third kappa shape index (κ3) is 6.61. The Morgan fingerprint density at radius 2 is 2.00 bits per heavy atom. The highest BCUT2D eigenvalue weighted by Gasteiger charge is 2.52. The van der Waals surface area contributed by atoms with Crippen LogP contribution in [0.3, 0.4) is 0 Å². The van der Waals surface area contributed by atoms with Gasteiger partial charge in [0, 0.05) is 24.3 Å².